The van der Waals surface area contributed by atoms with Crippen LogP contribution in [0.3, 0.4) is 0 Å². The number of aromatic nitrogens is 2. The van der Waals surface area contributed by atoms with Gasteiger partial charge < -0.3 is 10.6 Å². The summed E-state index contributed by atoms with van der Waals surface area (Å²) in [6.07, 6.45) is 8.07. The molecule has 2 heterocycles. The summed E-state index contributed by atoms with van der Waals surface area (Å²) < 4.78 is 0. The van der Waals surface area contributed by atoms with E-state index in [0.29, 0.717) is 6.04 Å². The van der Waals surface area contributed by atoms with Crippen LogP contribution in [0.25, 0.3) is 10.9 Å². The number of hydrogen-bond donors (Lipinski definition) is 2. The highest BCUT2D eigenvalue weighted by atomic mass is 32.1. The molecule has 0 bridgehead atoms. The minimum absolute atomic E-state index is 0.462. The predicted molar refractivity (Wildman–Crippen MR) is 109 cm³/mol. The molecule has 134 valence electrons. The van der Waals surface area contributed by atoms with Crippen LogP contribution in [0.2, 0.25) is 0 Å². The lowest BCUT2D eigenvalue weighted by Gasteiger charge is -2.24. The zero-order valence-corrected chi connectivity index (χ0v) is 15.7. The molecule has 5 nitrogen and oxygen atoms in total. The summed E-state index contributed by atoms with van der Waals surface area (Å²) in [7, 11) is 0. The number of rotatable bonds is 3. The van der Waals surface area contributed by atoms with E-state index < -0.39 is 0 Å². The van der Waals surface area contributed by atoms with Gasteiger partial charge in [-0.3, -0.25) is 4.98 Å². The number of hydrogen-bond acceptors (Lipinski definition) is 4. The lowest BCUT2D eigenvalue weighted by atomic mass is 9.96. The van der Waals surface area contributed by atoms with Gasteiger partial charge in [0, 0.05) is 28.7 Å². The second-order valence-electron chi connectivity index (χ2n) is 6.70. The maximum atomic E-state index is 4.94. The third-order valence-electron chi connectivity index (χ3n) is 4.66. The summed E-state index contributed by atoms with van der Waals surface area (Å²) in [5, 5.41) is 10.8. The molecule has 0 unspecified atom stereocenters. The highest BCUT2D eigenvalue weighted by Gasteiger charge is 2.16. The van der Waals surface area contributed by atoms with E-state index in [0.717, 1.165) is 33.4 Å². The molecule has 6 heteroatoms. The highest BCUT2D eigenvalue weighted by Crippen LogP contribution is 2.26. The van der Waals surface area contributed by atoms with E-state index in [1.807, 2.05) is 36.6 Å². The van der Waals surface area contributed by atoms with Gasteiger partial charge in [-0.05, 0) is 31.9 Å². The lowest BCUT2D eigenvalue weighted by Crippen LogP contribution is -2.40. The molecule has 2 aromatic heterocycles. The maximum Gasteiger partial charge on any atom is 0.203 e. The molecule has 1 aliphatic carbocycles. The van der Waals surface area contributed by atoms with Crippen molar-refractivity contribution in [2.75, 3.05) is 5.32 Å². The van der Waals surface area contributed by atoms with Gasteiger partial charge in [0.1, 0.15) is 0 Å². The maximum absolute atomic E-state index is 4.94. The summed E-state index contributed by atoms with van der Waals surface area (Å²) in [6, 6.07) is 10.6. The number of thiazole rings is 1. The number of aryl methyl sites for hydroxylation is 1. The topological polar surface area (TPSA) is 62.2 Å². The Morgan fingerprint density at radius 3 is 2.85 bits per heavy atom. The third kappa shape index (κ3) is 4.02. The number of para-hydroxylation sites is 1. The average molecular weight is 366 g/mol. The number of nitrogens with one attached hydrogen (secondary N) is 2. The molecule has 3 aromatic rings. The Balaban J connectivity index is 1.70. The fraction of sp³-hybridized carbons (Fsp3) is 0.350. The third-order valence-corrected chi connectivity index (χ3v) is 5.35. The second kappa shape index (κ2) is 7.83. The molecule has 0 atom stereocenters. The van der Waals surface area contributed by atoms with E-state index in [4.69, 9.17) is 4.99 Å². The molecule has 4 rings (SSSR count). The van der Waals surface area contributed by atoms with Crippen molar-refractivity contribution in [3.8, 4) is 0 Å². The van der Waals surface area contributed by atoms with Crippen molar-refractivity contribution < 1.29 is 0 Å². The molecule has 1 saturated carbocycles. The number of aliphatic imine (C=N–C) groups is 1. The Labute approximate surface area is 157 Å². The summed E-state index contributed by atoms with van der Waals surface area (Å²) >= 11 is 1.58. The molecule has 0 aliphatic heterocycles. The molecule has 2 N–H and O–H groups in total. The van der Waals surface area contributed by atoms with Gasteiger partial charge in [0.15, 0.2) is 5.13 Å². The first-order chi connectivity index (χ1) is 12.8. The molecule has 0 saturated heterocycles. The minimum Gasteiger partial charge on any atom is -0.353 e. The Kier molecular flexibility index (Phi) is 5.11. The predicted octanol–water partition coefficient (Wildman–Crippen LogP) is 5.02. The molecule has 1 aromatic carbocycles. The van der Waals surface area contributed by atoms with E-state index in [-0.39, 0.29) is 0 Å². The van der Waals surface area contributed by atoms with Gasteiger partial charge in [0.05, 0.1) is 11.2 Å². The zero-order chi connectivity index (χ0) is 17.8. The van der Waals surface area contributed by atoms with Crippen LogP contribution in [0.1, 0.15) is 37.8 Å². The Morgan fingerprint density at radius 2 is 2.04 bits per heavy atom. The van der Waals surface area contributed by atoms with Gasteiger partial charge >= 0.3 is 0 Å². The first kappa shape index (κ1) is 17.0. The van der Waals surface area contributed by atoms with E-state index in [1.54, 1.807) is 17.5 Å². The first-order valence-electron chi connectivity index (χ1n) is 9.16. The highest BCUT2D eigenvalue weighted by molar-refractivity contribution is 7.13. The molecule has 0 spiro atoms. The van der Waals surface area contributed by atoms with Crippen molar-refractivity contribution in [3.63, 3.8) is 0 Å². The first-order valence-corrected chi connectivity index (χ1v) is 10.0. The van der Waals surface area contributed by atoms with Crippen LogP contribution in [0.5, 0.6) is 0 Å². The monoisotopic (exact) mass is 365 g/mol. The minimum atomic E-state index is 0.462. The van der Waals surface area contributed by atoms with Gasteiger partial charge in [-0.2, -0.15) is 0 Å². The van der Waals surface area contributed by atoms with Gasteiger partial charge in [0.2, 0.25) is 5.96 Å². The number of pyridine rings is 1. The molecule has 0 radical (unpaired) electrons. The van der Waals surface area contributed by atoms with Crippen LogP contribution in [0, 0.1) is 6.92 Å². The number of nitrogens with zero attached hydrogens (tertiary/aromatic N) is 3. The van der Waals surface area contributed by atoms with Crippen molar-refractivity contribution >= 4 is 39.0 Å². The quantitative estimate of drug-likeness (QED) is 0.505. The fourth-order valence-corrected chi connectivity index (χ4v) is 3.95. The smallest absolute Gasteiger partial charge is 0.203 e. The lowest BCUT2D eigenvalue weighted by molar-refractivity contribution is 0.413. The largest absolute Gasteiger partial charge is 0.353 e. The van der Waals surface area contributed by atoms with E-state index in [1.165, 1.54) is 32.1 Å². The number of fused-ring (bicyclic) bond motifs is 1. The molecule has 0 amide bonds. The van der Waals surface area contributed by atoms with Crippen LogP contribution in [-0.2, 0) is 0 Å². The van der Waals surface area contributed by atoms with Crippen molar-refractivity contribution in [3.05, 3.63) is 47.6 Å². The van der Waals surface area contributed by atoms with Crippen LogP contribution < -0.4 is 10.6 Å². The number of guanidine groups is 1. The van der Waals surface area contributed by atoms with Gasteiger partial charge in [-0.25, -0.2) is 9.98 Å². The summed E-state index contributed by atoms with van der Waals surface area (Å²) in [5.41, 5.74) is 2.86. The summed E-state index contributed by atoms with van der Waals surface area (Å²) in [5.74, 6) is 0.766. The number of anilines is 1. The Morgan fingerprint density at radius 1 is 1.19 bits per heavy atom. The molecule has 26 heavy (non-hydrogen) atoms. The molecular weight excluding hydrogens is 342 g/mol. The SMILES string of the molecule is Cc1cc(N=C(Nc2nccs2)NC2CCCCC2)c2ccccc2n1. The van der Waals surface area contributed by atoms with Crippen molar-refractivity contribution in [2.24, 2.45) is 4.99 Å². The van der Waals surface area contributed by atoms with Crippen molar-refractivity contribution in [1.82, 2.24) is 15.3 Å². The standard InChI is InChI=1S/C20H23N5S/c1-14-13-18(16-9-5-6-10-17(16)22-14)24-19(25-20-21-11-12-26-20)23-15-7-3-2-4-8-15/h5-6,9-13,15H,2-4,7-8H2,1H3,(H2,21,22,23,24,25). The van der Waals surface area contributed by atoms with Crippen LogP contribution in [0.15, 0.2) is 46.9 Å². The summed E-state index contributed by atoms with van der Waals surface area (Å²) in [4.78, 5) is 13.9. The Bertz CT molecular complexity index is 898. The van der Waals surface area contributed by atoms with E-state index >= 15 is 0 Å². The fourth-order valence-electron chi connectivity index (χ4n) is 3.42. The average Bonchev–Trinajstić information content (AvgIpc) is 3.15. The van der Waals surface area contributed by atoms with Gasteiger partial charge in [-0.1, -0.05) is 37.5 Å². The Hall–Kier alpha value is -2.47. The normalized spacial score (nSPS) is 16.0. The van der Waals surface area contributed by atoms with Gasteiger partial charge in [0.25, 0.3) is 0 Å². The van der Waals surface area contributed by atoms with Crippen LogP contribution in [-0.4, -0.2) is 22.0 Å². The molecule has 1 fully saturated rings. The van der Waals surface area contributed by atoms with Crippen molar-refractivity contribution in [2.45, 2.75) is 45.1 Å². The zero-order valence-electron chi connectivity index (χ0n) is 14.9. The van der Waals surface area contributed by atoms with E-state index in [9.17, 15) is 0 Å². The van der Waals surface area contributed by atoms with Crippen molar-refractivity contribution in [1.29, 1.82) is 0 Å². The summed E-state index contributed by atoms with van der Waals surface area (Å²) in [6.45, 7) is 2.01. The number of benzene rings is 1. The van der Waals surface area contributed by atoms with Crippen LogP contribution >= 0.6 is 11.3 Å². The van der Waals surface area contributed by atoms with Gasteiger partial charge in [-0.15, -0.1) is 11.3 Å². The molecular formula is C20H23N5S. The molecule has 1 aliphatic rings. The van der Waals surface area contributed by atoms with Crippen LogP contribution in [0.4, 0.5) is 10.8 Å². The van der Waals surface area contributed by atoms with E-state index in [2.05, 4.69) is 26.7 Å². The second-order valence-corrected chi connectivity index (χ2v) is 7.60.